The van der Waals surface area contributed by atoms with E-state index in [1.165, 1.54) is 0 Å². The van der Waals surface area contributed by atoms with E-state index in [0.717, 1.165) is 18.5 Å². The topological polar surface area (TPSA) is 60.8 Å². The molecule has 1 aliphatic rings. The maximum absolute atomic E-state index is 11.0. The minimum absolute atomic E-state index is 0.232. The molecular weight excluding hydrogens is 218 g/mol. The van der Waals surface area contributed by atoms with Gasteiger partial charge in [0.05, 0.1) is 11.1 Å². The van der Waals surface area contributed by atoms with Crippen LogP contribution in [0.25, 0.3) is 0 Å². The van der Waals surface area contributed by atoms with Gasteiger partial charge in [0.25, 0.3) is 0 Å². The average molecular weight is 235 g/mol. The second-order valence-electron chi connectivity index (χ2n) is 4.75. The summed E-state index contributed by atoms with van der Waals surface area (Å²) < 4.78 is 0. The van der Waals surface area contributed by atoms with Crippen LogP contribution in [0.1, 0.15) is 19.3 Å². The van der Waals surface area contributed by atoms with E-state index in [9.17, 15) is 9.90 Å². The highest BCUT2D eigenvalue weighted by molar-refractivity contribution is 5.77. The van der Waals surface area contributed by atoms with Crippen molar-refractivity contribution in [2.45, 2.75) is 19.3 Å². The number of hydrogen-bond donors (Lipinski definition) is 2. The van der Waals surface area contributed by atoms with Crippen LogP contribution >= 0.6 is 0 Å². The smallest absolute Gasteiger partial charge is 0.309 e. The molecule has 0 aromatic heterocycles. The van der Waals surface area contributed by atoms with Crippen molar-refractivity contribution in [3.05, 3.63) is 24.3 Å². The van der Waals surface area contributed by atoms with Gasteiger partial charge in [-0.3, -0.25) is 4.79 Å². The van der Waals surface area contributed by atoms with E-state index in [2.05, 4.69) is 0 Å². The van der Waals surface area contributed by atoms with E-state index >= 15 is 0 Å². The van der Waals surface area contributed by atoms with Crippen LogP contribution in [-0.2, 0) is 4.79 Å². The molecule has 0 aliphatic heterocycles. The van der Waals surface area contributed by atoms with E-state index in [1.807, 2.05) is 24.1 Å². The zero-order valence-electron chi connectivity index (χ0n) is 9.89. The van der Waals surface area contributed by atoms with Gasteiger partial charge in [-0.15, -0.1) is 0 Å². The highest BCUT2D eigenvalue weighted by atomic mass is 16.4. The summed E-state index contributed by atoms with van der Waals surface area (Å²) in [5.74, 6) is -0.460. The van der Waals surface area contributed by atoms with Crippen LogP contribution < -0.4 is 4.90 Å². The summed E-state index contributed by atoms with van der Waals surface area (Å²) in [6, 6.07) is 7.09. The van der Waals surface area contributed by atoms with Crippen molar-refractivity contribution in [3.8, 4) is 5.75 Å². The summed E-state index contributed by atoms with van der Waals surface area (Å²) in [6.07, 6.45) is 2.18. The van der Waals surface area contributed by atoms with Crippen molar-refractivity contribution >= 4 is 11.7 Å². The summed E-state index contributed by atoms with van der Waals surface area (Å²) in [7, 11) is 1.87. The Balaban J connectivity index is 1.97. The number of anilines is 1. The lowest BCUT2D eigenvalue weighted by Crippen LogP contribution is -2.25. The van der Waals surface area contributed by atoms with Crippen molar-refractivity contribution in [1.29, 1.82) is 0 Å². The molecule has 4 heteroatoms. The van der Waals surface area contributed by atoms with E-state index < -0.39 is 11.4 Å². The second kappa shape index (κ2) is 4.28. The lowest BCUT2D eigenvalue weighted by molar-refractivity contribution is -0.143. The first-order valence-electron chi connectivity index (χ1n) is 5.78. The number of phenolic OH excluding ortho intramolecular Hbond substituents is 1. The molecule has 0 saturated heterocycles. The van der Waals surface area contributed by atoms with Gasteiger partial charge in [0, 0.05) is 13.6 Å². The van der Waals surface area contributed by atoms with Gasteiger partial charge in [0.15, 0.2) is 0 Å². The maximum atomic E-state index is 11.0. The van der Waals surface area contributed by atoms with E-state index in [0.29, 0.717) is 13.0 Å². The zero-order valence-corrected chi connectivity index (χ0v) is 9.89. The van der Waals surface area contributed by atoms with Crippen LogP contribution in [-0.4, -0.2) is 29.8 Å². The standard InChI is InChI=1S/C13H17NO3/c1-14(10-4-2-3-5-11(10)15)9-8-13(6-7-13)12(16)17/h2-5,15H,6-9H2,1H3,(H,16,17). The molecule has 0 radical (unpaired) electrons. The first-order chi connectivity index (χ1) is 8.05. The first kappa shape index (κ1) is 11.8. The number of hydrogen-bond acceptors (Lipinski definition) is 3. The highest BCUT2D eigenvalue weighted by Crippen LogP contribution is 2.49. The number of nitrogens with zero attached hydrogens (tertiary/aromatic N) is 1. The molecule has 1 aliphatic carbocycles. The molecular formula is C13H17NO3. The number of carboxylic acids is 1. The Morgan fingerprint density at radius 2 is 2.06 bits per heavy atom. The third kappa shape index (κ3) is 2.35. The van der Waals surface area contributed by atoms with Gasteiger partial charge in [-0.05, 0) is 31.4 Å². The number of aromatic hydroxyl groups is 1. The Labute approximate surface area is 100 Å². The first-order valence-corrected chi connectivity index (χ1v) is 5.78. The van der Waals surface area contributed by atoms with E-state index in [-0.39, 0.29) is 5.75 Å². The van der Waals surface area contributed by atoms with Gasteiger partial charge in [-0.25, -0.2) is 0 Å². The van der Waals surface area contributed by atoms with Crippen molar-refractivity contribution in [3.63, 3.8) is 0 Å². The molecule has 4 nitrogen and oxygen atoms in total. The minimum atomic E-state index is -0.691. The van der Waals surface area contributed by atoms with Gasteiger partial charge < -0.3 is 15.1 Å². The lowest BCUT2D eigenvalue weighted by atomic mass is 10.0. The Hall–Kier alpha value is -1.71. The molecule has 0 spiro atoms. The third-order valence-corrected chi connectivity index (χ3v) is 3.53. The molecule has 1 fully saturated rings. The molecule has 92 valence electrons. The molecule has 17 heavy (non-hydrogen) atoms. The number of carbonyl (C=O) groups is 1. The Bertz CT molecular complexity index is 426. The summed E-state index contributed by atoms with van der Waals surface area (Å²) in [4.78, 5) is 12.9. The number of benzene rings is 1. The third-order valence-electron chi connectivity index (χ3n) is 3.53. The molecule has 0 amide bonds. The fourth-order valence-electron chi connectivity index (χ4n) is 2.01. The molecule has 1 saturated carbocycles. The average Bonchev–Trinajstić information content (AvgIpc) is 3.07. The predicted octanol–water partition coefficient (Wildman–Crippen LogP) is 2.08. The molecule has 2 N–H and O–H groups in total. The number of para-hydroxylation sites is 2. The number of carboxylic acid groups (broad SMARTS) is 1. The highest BCUT2D eigenvalue weighted by Gasteiger charge is 2.49. The van der Waals surface area contributed by atoms with Gasteiger partial charge in [0.1, 0.15) is 5.75 Å². The Morgan fingerprint density at radius 3 is 2.59 bits per heavy atom. The van der Waals surface area contributed by atoms with Crippen LogP contribution in [0.15, 0.2) is 24.3 Å². The van der Waals surface area contributed by atoms with Crippen molar-refractivity contribution in [2.75, 3.05) is 18.5 Å². The molecule has 1 aromatic rings. The van der Waals surface area contributed by atoms with Gasteiger partial charge >= 0.3 is 5.97 Å². The molecule has 0 bridgehead atoms. The van der Waals surface area contributed by atoms with Crippen LogP contribution in [0.5, 0.6) is 5.75 Å². The SMILES string of the molecule is CN(CCC1(C(=O)O)CC1)c1ccccc1O. The maximum Gasteiger partial charge on any atom is 0.309 e. The molecule has 0 unspecified atom stereocenters. The summed E-state index contributed by atoms with van der Waals surface area (Å²) in [5.41, 5.74) is 0.243. The predicted molar refractivity (Wildman–Crippen MR) is 65.3 cm³/mol. The van der Waals surface area contributed by atoms with Gasteiger partial charge in [-0.1, -0.05) is 12.1 Å². The summed E-state index contributed by atoms with van der Waals surface area (Å²) >= 11 is 0. The monoisotopic (exact) mass is 235 g/mol. The normalized spacial score (nSPS) is 16.5. The van der Waals surface area contributed by atoms with Crippen molar-refractivity contribution in [1.82, 2.24) is 0 Å². The van der Waals surface area contributed by atoms with Crippen LogP contribution in [0.3, 0.4) is 0 Å². The lowest BCUT2D eigenvalue weighted by Gasteiger charge is -2.22. The van der Waals surface area contributed by atoms with Crippen LogP contribution in [0.2, 0.25) is 0 Å². The molecule has 0 atom stereocenters. The second-order valence-corrected chi connectivity index (χ2v) is 4.75. The van der Waals surface area contributed by atoms with Crippen LogP contribution in [0, 0.1) is 5.41 Å². The van der Waals surface area contributed by atoms with E-state index in [1.54, 1.807) is 12.1 Å². The Kier molecular flexibility index (Phi) is 2.96. The van der Waals surface area contributed by atoms with E-state index in [4.69, 9.17) is 5.11 Å². The summed E-state index contributed by atoms with van der Waals surface area (Å²) in [6.45, 7) is 0.643. The molecule has 1 aromatic carbocycles. The Morgan fingerprint density at radius 1 is 1.41 bits per heavy atom. The fraction of sp³-hybridized carbons (Fsp3) is 0.462. The van der Waals surface area contributed by atoms with Crippen molar-refractivity contribution in [2.24, 2.45) is 5.41 Å². The zero-order chi connectivity index (χ0) is 12.5. The number of aliphatic carboxylic acids is 1. The number of phenols is 1. The van der Waals surface area contributed by atoms with Gasteiger partial charge in [0.2, 0.25) is 0 Å². The largest absolute Gasteiger partial charge is 0.506 e. The van der Waals surface area contributed by atoms with Gasteiger partial charge in [-0.2, -0.15) is 0 Å². The number of rotatable bonds is 5. The van der Waals surface area contributed by atoms with Crippen molar-refractivity contribution < 1.29 is 15.0 Å². The molecule has 0 heterocycles. The quantitative estimate of drug-likeness (QED) is 0.820. The minimum Gasteiger partial charge on any atom is -0.506 e. The fourth-order valence-corrected chi connectivity index (χ4v) is 2.01. The van der Waals surface area contributed by atoms with Crippen LogP contribution in [0.4, 0.5) is 5.69 Å². The summed E-state index contributed by atoms with van der Waals surface area (Å²) in [5, 5.41) is 18.8. The molecule has 2 rings (SSSR count).